The van der Waals surface area contributed by atoms with Gasteiger partial charge in [0.05, 0.1) is 25.0 Å². The van der Waals surface area contributed by atoms with Crippen LogP contribution in [0.15, 0.2) is 36.3 Å². The van der Waals surface area contributed by atoms with Gasteiger partial charge in [0.25, 0.3) is 0 Å². The van der Waals surface area contributed by atoms with Crippen molar-refractivity contribution < 1.29 is 10.2 Å². The first-order valence-corrected chi connectivity index (χ1v) is 5.27. The molecule has 0 saturated heterocycles. The molecule has 1 aliphatic carbocycles. The molecule has 4 heteroatoms. The molecule has 1 aromatic heterocycles. The van der Waals surface area contributed by atoms with Crippen molar-refractivity contribution in [2.24, 2.45) is 7.05 Å². The second-order valence-electron chi connectivity index (χ2n) is 4.22. The standard InChI is InChI=1S/C12H16N2O2/c1-14-9-13-6-11(14)12(8-16)4-2-3-10(5-12)7-15/h2-4,6,9,15-16H,5,7-8H2,1H3. The molecule has 1 heterocycles. The summed E-state index contributed by atoms with van der Waals surface area (Å²) < 4.78 is 1.90. The lowest BCUT2D eigenvalue weighted by Gasteiger charge is -2.31. The predicted octanol–water partition coefficient (Wildman–Crippen LogP) is 0.529. The van der Waals surface area contributed by atoms with Gasteiger partial charge in [-0.2, -0.15) is 0 Å². The van der Waals surface area contributed by atoms with Crippen LogP contribution in [0.25, 0.3) is 0 Å². The largest absolute Gasteiger partial charge is 0.395 e. The maximum atomic E-state index is 9.65. The van der Waals surface area contributed by atoms with E-state index < -0.39 is 5.41 Å². The van der Waals surface area contributed by atoms with E-state index in [-0.39, 0.29) is 13.2 Å². The highest BCUT2D eigenvalue weighted by atomic mass is 16.3. The molecule has 0 fully saturated rings. The fourth-order valence-corrected chi connectivity index (χ4v) is 2.20. The van der Waals surface area contributed by atoms with Crippen molar-refractivity contribution >= 4 is 0 Å². The van der Waals surface area contributed by atoms with E-state index in [2.05, 4.69) is 4.98 Å². The average molecular weight is 220 g/mol. The number of aryl methyl sites for hydroxylation is 1. The van der Waals surface area contributed by atoms with Gasteiger partial charge < -0.3 is 14.8 Å². The lowest BCUT2D eigenvalue weighted by molar-refractivity contribution is 0.211. The molecular weight excluding hydrogens is 204 g/mol. The van der Waals surface area contributed by atoms with E-state index >= 15 is 0 Å². The summed E-state index contributed by atoms with van der Waals surface area (Å²) in [5, 5.41) is 18.8. The summed E-state index contributed by atoms with van der Waals surface area (Å²) in [6.45, 7) is 0.0459. The molecular formula is C12H16N2O2. The number of imidazole rings is 1. The van der Waals surface area contributed by atoms with Crippen LogP contribution >= 0.6 is 0 Å². The summed E-state index contributed by atoms with van der Waals surface area (Å²) in [5.74, 6) is 0. The molecule has 0 radical (unpaired) electrons. The SMILES string of the molecule is Cn1cncc1C1(CO)C=CC=C(CO)C1. The molecule has 0 bridgehead atoms. The number of aromatic nitrogens is 2. The fourth-order valence-electron chi connectivity index (χ4n) is 2.20. The third kappa shape index (κ3) is 1.70. The van der Waals surface area contributed by atoms with Crippen LogP contribution in [0.2, 0.25) is 0 Å². The monoisotopic (exact) mass is 220 g/mol. The summed E-state index contributed by atoms with van der Waals surface area (Å²) in [6.07, 6.45) is 9.88. The summed E-state index contributed by atoms with van der Waals surface area (Å²) in [6, 6.07) is 0. The number of hydrogen-bond donors (Lipinski definition) is 2. The van der Waals surface area contributed by atoms with Crippen LogP contribution in [-0.2, 0) is 12.5 Å². The van der Waals surface area contributed by atoms with E-state index in [0.717, 1.165) is 11.3 Å². The zero-order chi connectivity index (χ0) is 11.6. The van der Waals surface area contributed by atoms with Gasteiger partial charge >= 0.3 is 0 Å². The molecule has 4 nitrogen and oxygen atoms in total. The van der Waals surface area contributed by atoms with E-state index in [1.807, 2.05) is 29.8 Å². The van der Waals surface area contributed by atoms with Gasteiger partial charge in [-0.3, -0.25) is 0 Å². The van der Waals surface area contributed by atoms with E-state index in [4.69, 9.17) is 0 Å². The van der Waals surface area contributed by atoms with Crippen LogP contribution < -0.4 is 0 Å². The Kier molecular flexibility index (Phi) is 2.94. The van der Waals surface area contributed by atoms with Gasteiger partial charge in [0.1, 0.15) is 0 Å². The summed E-state index contributed by atoms with van der Waals surface area (Å²) in [7, 11) is 1.91. The average Bonchev–Trinajstić information content (AvgIpc) is 2.76. The Hall–Kier alpha value is -1.39. The van der Waals surface area contributed by atoms with Gasteiger partial charge in [-0.1, -0.05) is 18.2 Å². The van der Waals surface area contributed by atoms with Crippen molar-refractivity contribution in [3.8, 4) is 0 Å². The molecule has 0 saturated carbocycles. The minimum absolute atomic E-state index is 0.0143. The van der Waals surface area contributed by atoms with Gasteiger partial charge in [0, 0.05) is 18.9 Å². The van der Waals surface area contributed by atoms with Crippen molar-refractivity contribution in [2.45, 2.75) is 11.8 Å². The Bertz CT molecular complexity index is 434. The highest BCUT2D eigenvalue weighted by Crippen LogP contribution is 2.34. The third-order valence-electron chi connectivity index (χ3n) is 3.10. The zero-order valence-corrected chi connectivity index (χ0v) is 9.30. The Balaban J connectivity index is 2.39. The molecule has 1 unspecified atom stereocenters. The van der Waals surface area contributed by atoms with Gasteiger partial charge in [-0.15, -0.1) is 0 Å². The molecule has 0 aliphatic heterocycles. The Morgan fingerprint density at radius 3 is 2.88 bits per heavy atom. The van der Waals surface area contributed by atoms with Crippen LogP contribution in [0, 0.1) is 0 Å². The molecule has 2 rings (SSSR count). The Labute approximate surface area is 94.6 Å². The zero-order valence-electron chi connectivity index (χ0n) is 9.30. The van der Waals surface area contributed by atoms with Crippen LogP contribution in [0.1, 0.15) is 12.1 Å². The van der Waals surface area contributed by atoms with Crippen molar-refractivity contribution in [1.29, 1.82) is 0 Å². The second-order valence-corrected chi connectivity index (χ2v) is 4.22. The number of aliphatic hydroxyl groups is 2. The molecule has 1 aliphatic rings. The molecule has 86 valence electrons. The highest BCUT2D eigenvalue weighted by molar-refractivity contribution is 5.34. The van der Waals surface area contributed by atoms with E-state index in [1.54, 1.807) is 12.5 Å². The van der Waals surface area contributed by atoms with Crippen LogP contribution in [0.3, 0.4) is 0 Å². The van der Waals surface area contributed by atoms with Crippen molar-refractivity contribution in [1.82, 2.24) is 9.55 Å². The molecule has 0 spiro atoms. The molecule has 1 aromatic rings. The van der Waals surface area contributed by atoms with E-state index in [0.29, 0.717) is 6.42 Å². The van der Waals surface area contributed by atoms with Crippen molar-refractivity contribution in [3.05, 3.63) is 42.0 Å². The first kappa shape index (κ1) is 11.1. The van der Waals surface area contributed by atoms with Gasteiger partial charge in [0.15, 0.2) is 0 Å². The fraction of sp³-hybridized carbons (Fsp3) is 0.417. The van der Waals surface area contributed by atoms with E-state index in [9.17, 15) is 10.2 Å². The lowest BCUT2D eigenvalue weighted by Crippen LogP contribution is -2.32. The van der Waals surface area contributed by atoms with Crippen LogP contribution in [0.5, 0.6) is 0 Å². The summed E-state index contributed by atoms with van der Waals surface area (Å²) >= 11 is 0. The Morgan fingerprint density at radius 1 is 1.50 bits per heavy atom. The topological polar surface area (TPSA) is 58.3 Å². The summed E-state index contributed by atoms with van der Waals surface area (Å²) in [5.41, 5.74) is 1.45. The Morgan fingerprint density at radius 2 is 2.31 bits per heavy atom. The highest BCUT2D eigenvalue weighted by Gasteiger charge is 2.33. The quantitative estimate of drug-likeness (QED) is 0.781. The molecule has 0 aromatic carbocycles. The minimum atomic E-state index is -0.446. The van der Waals surface area contributed by atoms with Gasteiger partial charge in [-0.05, 0) is 12.0 Å². The maximum Gasteiger partial charge on any atom is 0.0945 e. The summed E-state index contributed by atoms with van der Waals surface area (Å²) in [4.78, 5) is 4.08. The molecule has 16 heavy (non-hydrogen) atoms. The van der Waals surface area contributed by atoms with Crippen molar-refractivity contribution in [2.75, 3.05) is 13.2 Å². The number of nitrogens with zero attached hydrogens (tertiary/aromatic N) is 2. The predicted molar refractivity (Wildman–Crippen MR) is 60.9 cm³/mol. The molecule has 2 N–H and O–H groups in total. The normalized spacial score (nSPS) is 24.6. The maximum absolute atomic E-state index is 9.65. The first-order chi connectivity index (χ1) is 7.72. The van der Waals surface area contributed by atoms with Gasteiger partial charge in [-0.25, -0.2) is 4.98 Å². The number of rotatable bonds is 3. The lowest BCUT2D eigenvalue weighted by atomic mass is 9.76. The number of aliphatic hydroxyl groups excluding tert-OH is 2. The smallest absolute Gasteiger partial charge is 0.0945 e. The number of allylic oxidation sites excluding steroid dienone is 2. The van der Waals surface area contributed by atoms with Crippen LogP contribution in [-0.4, -0.2) is 33.0 Å². The van der Waals surface area contributed by atoms with E-state index in [1.165, 1.54) is 0 Å². The third-order valence-corrected chi connectivity index (χ3v) is 3.10. The second kappa shape index (κ2) is 4.23. The van der Waals surface area contributed by atoms with Gasteiger partial charge in [0.2, 0.25) is 0 Å². The van der Waals surface area contributed by atoms with Crippen LogP contribution in [0.4, 0.5) is 0 Å². The van der Waals surface area contributed by atoms with Crippen molar-refractivity contribution in [3.63, 3.8) is 0 Å². The number of hydrogen-bond acceptors (Lipinski definition) is 3. The minimum Gasteiger partial charge on any atom is -0.395 e. The molecule has 0 amide bonds. The first-order valence-electron chi connectivity index (χ1n) is 5.27. The molecule has 1 atom stereocenters.